The second kappa shape index (κ2) is 4.97. The van der Waals surface area contributed by atoms with Crippen LogP contribution in [0.5, 0.6) is 0 Å². The van der Waals surface area contributed by atoms with Gasteiger partial charge in [-0.05, 0) is 6.92 Å². The van der Waals surface area contributed by atoms with Gasteiger partial charge in [-0.15, -0.1) is 0 Å². The van der Waals surface area contributed by atoms with Gasteiger partial charge in [-0.1, -0.05) is 0 Å². The minimum atomic E-state index is -1.01. The average molecular weight is 280 g/mol. The van der Waals surface area contributed by atoms with Crippen LogP contribution in [0, 0.1) is 0 Å². The molecule has 1 N–H and O–H groups in total. The Morgan fingerprint density at radius 2 is 2.25 bits per heavy atom. The number of nitrogens with one attached hydrogen (secondary N) is 1. The summed E-state index contributed by atoms with van der Waals surface area (Å²) in [6.07, 6.45) is 2.94. The molecule has 0 saturated carbocycles. The third-order valence-electron chi connectivity index (χ3n) is 3.24. The van der Waals surface area contributed by atoms with Crippen LogP contribution < -0.4 is 5.56 Å². The summed E-state index contributed by atoms with van der Waals surface area (Å²) in [6, 6.07) is -0.0946. The van der Waals surface area contributed by atoms with E-state index in [1.807, 2.05) is 6.92 Å². The van der Waals surface area contributed by atoms with Gasteiger partial charge in [0.05, 0.1) is 31.9 Å². The zero-order chi connectivity index (χ0) is 14.2. The molecular weight excluding hydrogens is 264 g/mol. The molecule has 0 spiro atoms. The van der Waals surface area contributed by atoms with Gasteiger partial charge in [-0.3, -0.25) is 4.79 Å². The fraction of sp³-hybridized carbons (Fsp3) is 0.583. The van der Waals surface area contributed by atoms with Crippen molar-refractivity contribution in [2.24, 2.45) is 0 Å². The summed E-state index contributed by atoms with van der Waals surface area (Å²) in [5.41, 5.74) is 0.571. The number of ether oxygens (including phenoxy) is 3. The molecule has 8 heteroatoms. The number of aromatic amines is 1. The van der Waals surface area contributed by atoms with Gasteiger partial charge in [0.15, 0.2) is 11.2 Å². The van der Waals surface area contributed by atoms with Crippen molar-refractivity contribution in [1.82, 2.24) is 19.5 Å². The standard InChI is InChI=1S/C12H16N4O4/c1-3-18-12(2)19-4-8(5-20-12)16-7-15-9-10(16)13-6-14-11(9)17/h6-8H,3-5H2,1-2H3,(H,13,14,17). The summed E-state index contributed by atoms with van der Waals surface area (Å²) < 4.78 is 18.4. The molecule has 8 nitrogen and oxygen atoms in total. The molecule has 108 valence electrons. The Balaban J connectivity index is 1.84. The van der Waals surface area contributed by atoms with E-state index in [9.17, 15) is 4.79 Å². The highest BCUT2D eigenvalue weighted by atomic mass is 16.9. The summed E-state index contributed by atoms with van der Waals surface area (Å²) in [7, 11) is 0. The lowest BCUT2D eigenvalue weighted by molar-refractivity contribution is -0.394. The van der Waals surface area contributed by atoms with Crippen molar-refractivity contribution in [3.05, 3.63) is 23.0 Å². The minimum Gasteiger partial charge on any atom is -0.328 e. The number of hydrogen-bond acceptors (Lipinski definition) is 6. The monoisotopic (exact) mass is 280 g/mol. The van der Waals surface area contributed by atoms with Gasteiger partial charge in [-0.25, -0.2) is 9.97 Å². The Kier molecular flexibility index (Phi) is 3.28. The molecule has 0 atom stereocenters. The van der Waals surface area contributed by atoms with Crippen molar-refractivity contribution in [2.75, 3.05) is 19.8 Å². The zero-order valence-electron chi connectivity index (χ0n) is 11.3. The number of hydrogen-bond donors (Lipinski definition) is 1. The van der Waals surface area contributed by atoms with Crippen LogP contribution in [-0.4, -0.2) is 45.3 Å². The molecule has 0 unspecified atom stereocenters. The molecule has 1 aliphatic rings. The number of fused-ring (bicyclic) bond motifs is 1. The largest absolute Gasteiger partial charge is 0.328 e. The van der Waals surface area contributed by atoms with Crippen molar-refractivity contribution in [3.63, 3.8) is 0 Å². The normalized spacial score (nSPS) is 27.0. The molecule has 1 saturated heterocycles. The first-order chi connectivity index (χ1) is 9.63. The number of H-pyrrole nitrogens is 1. The van der Waals surface area contributed by atoms with Crippen LogP contribution in [0.2, 0.25) is 0 Å². The van der Waals surface area contributed by atoms with Crippen molar-refractivity contribution in [3.8, 4) is 0 Å². The number of imidazole rings is 1. The molecule has 2 aromatic rings. The summed E-state index contributed by atoms with van der Waals surface area (Å²) in [5.74, 6) is -1.01. The first-order valence-corrected chi connectivity index (χ1v) is 6.45. The van der Waals surface area contributed by atoms with Crippen molar-refractivity contribution < 1.29 is 14.2 Å². The van der Waals surface area contributed by atoms with Gasteiger partial charge in [0.2, 0.25) is 0 Å². The first kappa shape index (κ1) is 13.2. The summed E-state index contributed by atoms with van der Waals surface area (Å²) in [5, 5.41) is 0. The van der Waals surface area contributed by atoms with Gasteiger partial charge in [-0.2, -0.15) is 0 Å². The van der Waals surface area contributed by atoms with Crippen LogP contribution in [-0.2, 0) is 14.2 Å². The second-order valence-electron chi connectivity index (χ2n) is 4.63. The topological polar surface area (TPSA) is 91.3 Å². The fourth-order valence-corrected chi connectivity index (χ4v) is 2.22. The molecule has 3 rings (SSSR count). The maximum Gasteiger partial charge on any atom is 0.280 e. The maximum absolute atomic E-state index is 11.6. The predicted molar refractivity (Wildman–Crippen MR) is 69.1 cm³/mol. The predicted octanol–water partition coefficient (Wildman–Crippen LogP) is 0.418. The SMILES string of the molecule is CCOC1(C)OCC(n2cnc3c(=O)[nH]cnc32)CO1. The summed E-state index contributed by atoms with van der Waals surface area (Å²) in [6.45, 7) is 4.92. The lowest BCUT2D eigenvalue weighted by Gasteiger charge is -2.37. The minimum absolute atomic E-state index is 0.0946. The maximum atomic E-state index is 11.6. The van der Waals surface area contributed by atoms with E-state index < -0.39 is 5.97 Å². The lowest BCUT2D eigenvalue weighted by atomic mass is 10.3. The molecule has 2 aromatic heterocycles. The van der Waals surface area contributed by atoms with Crippen LogP contribution in [0.3, 0.4) is 0 Å². The van der Waals surface area contributed by atoms with Gasteiger partial charge >= 0.3 is 0 Å². The van der Waals surface area contributed by atoms with Crippen LogP contribution in [0.15, 0.2) is 17.4 Å². The van der Waals surface area contributed by atoms with Crippen molar-refractivity contribution in [2.45, 2.75) is 25.9 Å². The molecule has 0 aliphatic carbocycles. The Hall–Kier alpha value is -1.77. The highest BCUT2D eigenvalue weighted by Gasteiger charge is 2.35. The van der Waals surface area contributed by atoms with Gasteiger partial charge in [0.1, 0.15) is 0 Å². The molecule has 1 aliphatic heterocycles. The molecule has 0 aromatic carbocycles. The molecule has 3 heterocycles. The average Bonchev–Trinajstić information content (AvgIpc) is 2.85. The van der Waals surface area contributed by atoms with Crippen LogP contribution in [0.25, 0.3) is 11.2 Å². The Labute approximate surface area is 114 Å². The van der Waals surface area contributed by atoms with E-state index in [0.717, 1.165) is 0 Å². The lowest BCUT2D eigenvalue weighted by Crippen LogP contribution is -2.44. The third-order valence-corrected chi connectivity index (χ3v) is 3.24. The Bertz CT molecular complexity index is 657. The molecule has 1 fully saturated rings. The molecule has 20 heavy (non-hydrogen) atoms. The number of rotatable bonds is 3. The van der Waals surface area contributed by atoms with E-state index in [1.165, 1.54) is 6.33 Å². The molecule has 0 bridgehead atoms. The first-order valence-electron chi connectivity index (χ1n) is 6.45. The summed E-state index contributed by atoms with van der Waals surface area (Å²) in [4.78, 5) is 22.3. The van der Waals surface area contributed by atoms with E-state index >= 15 is 0 Å². The summed E-state index contributed by atoms with van der Waals surface area (Å²) >= 11 is 0. The highest BCUT2D eigenvalue weighted by molar-refractivity contribution is 5.68. The number of nitrogens with zero attached hydrogens (tertiary/aromatic N) is 3. The molecule has 0 radical (unpaired) electrons. The van der Waals surface area contributed by atoms with E-state index in [2.05, 4.69) is 15.0 Å². The van der Waals surface area contributed by atoms with Crippen LogP contribution >= 0.6 is 0 Å². The Morgan fingerprint density at radius 1 is 1.50 bits per heavy atom. The Morgan fingerprint density at radius 3 is 2.95 bits per heavy atom. The number of aromatic nitrogens is 4. The fourth-order valence-electron chi connectivity index (χ4n) is 2.22. The van der Waals surface area contributed by atoms with E-state index in [4.69, 9.17) is 14.2 Å². The van der Waals surface area contributed by atoms with Gasteiger partial charge < -0.3 is 23.8 Å². The highest BCUT2D eigenvalue weighted by Crippen LogP contribution is 2.26. The van der Waals surface area contributed by atoms with Crippen LogP contribution in [0.1, 0.15) is 19.9 Å². The molecule has 0 amide bonds. The van der Waals surface area contributed by atoms with E-state index in [-0.39, 0.29) is 11.6 Å². The van der Waals surface area contributed by atoms with Crippen molar-refractivity contribution in [1.29, 1.82) is 0 Å². The quantitative estimate of drug-likeness (QED) is 0.876. The molecular formula is C12H16N4O4. The van der Waals surface area contributed by atoms with Gasteiger partial charge in [0, 0.05) is 13.5 Å². The second-order valence-corrected chi connectivity index (χ2v) is 4.63. The third kappa shape index (κ3) is 2.21. The van der Waals surface area contributed by atoms with Crippen molar-refractivity contribution >= 4 is 11.2 Å². The zero-order valence-corrected chi connectivity index (χ0v) is 11.3. The van der Waals surface area contributed by atoms with Gasteiger partial charge in [0.25, 0.3) is 11.5 Å². The smallest absolute Gasteiger partial charge is 0.280 e. The van der Waals surface area contributed by atoms with E-state index in [0.29, 0.717) is 31.0 Å². The van der Waals surface area contributed by atoms with E-state index in [1.54, 1.807) is 17.8 Å². The van der Waals surface area contributed by atoms with Crippen LogP contribution in [0.4, 0.5) is 0 Å².